The van der Waals surface area contributed by atoms with Crippen LogP contribution in [0, 0.1) is 11.3 Å². The molecule has 0 fully saturated rings. The van der Waals surface area contributed by atoms with Crippen molar-refractivity contribution in [2.45, 2.75) is 19.3 Å². The molecule has 0 atom stereocenters. The number of amides is 1. The summed E-state index contributed by atoms with van der Waals surface area (Å²) in [4.78, 5) is 23.6. The SMILES string of the molecule is N#Cc1cccc(-c2ccc(NC(=O)C3=C(C(=O)O)CCC3)cc2Cl)c1. The van der Waals surface area contributed by atoms with Crippen molar-refractivity contribution in [2.24, 2.45) is 0 Å². The van der Waals surface area contributed by atoms with Gasteiger partial charge >= 0.3 is 5.97 Å². The molecule has 26 heavy (non-hydrogen) atoms. The lowest BCUT2D eigenvalue weighted by atomic mass is 10.0. The van der Waals surface area contributed by atoms with E-state index in [0.29, 0.717) is 41.1 Å². The van der Waals surface area contributed by atoms with Gasteiger partial charge in [-0.2, -0.15) is 5.26 Å². The van der Waals surface area contributed by atoms with E-state index in [1.54, 1.807) is 36.4 Å². The number of rotatable bonds is 4. The molecule has 3 rings (SSSR count). The summed E-state index contributed by atoms with van der Waals surface area (Å²) >= 11 is 6.34. The molecule has 0 unspecified atom stereocenters. The van der Waals surface area contributed by atoms with Crippen LogP contribution in [0.5, 0.6) is 0 Å². The Hall–Kier alpha value is -3.10. The van der Waals surface area contributed by atoms with Crippen LogP contribution in [0.25, 0.3) is 11.1 Å². The van der Waals surface area contributed by atoms with Gasteiger partial charge in [0.05, 0.1) is 16.7 Å². The summed E-state index contributed by atoms with van der Waals surface area (Å²) in [5.74, 6) is -1.45. The normalized spacial score (nSPS) is 13.4. The first-order valence-electron chi connectivity index (χ1n) is 8.06. The smallest absolute Gasteiger partial charge is 0.332 e. The van der Waals surface area contributed by atoms with Gasteiger partial charge in [-0.15, -0.1) is 0 Å². The largest absolute Gasteiger partial charge is 0.478 e. The Labute approximate surface area is 155 Å². The van der Waals surface area contributed by atoms with Crippen molar-refractivity contribution in [1.82, 2.24) is 0 Å². The molecule has 130 valence electrons. The van der Waals surface area contributed by atoms with E-state index in [-0.39, 0.29) is 5.57 Å². The molecule has 0 aliphatic heterocycles. The van der Waals surface area contributed by atoms with Crippen molar-refractivity contribution in [3.63, 3.8) is 0 Å². The van der Waals surface area contributed by atoms with Crippen LogP contribution in [0.3, 0.4) is 0 Å². The lowest BCUT2D eigenvalue weighted by Crippen LogP contribution is -2.16. The van der Waals surface area contributed by atoms with Crippen LogP contribution in [0.1, 0.15) is 24.8 Å². The van der Waals surface area contributed by atoms with Gasteiger partial charge in [0.2, 0.25) is 0 Å². The zero-order chi connectivity index (χ0) is 18.7. The number of hydrogen-bond acceptors (Lipinski definition) is 3. The van der Waals surface area contributed by atoms with Crippen molar-refractivity contribution >= 4 is 29.2 Å². The lowest BCUT2D eigenvalue weighted by Gasteiger charge is -2.10. The Morgan fingerprint density at radius 3 is 2.58 bits per heavy atom. The van der Waals surface area contributed by atoms with Crippen molar-refractivity contribution in [3.8, 4) is 17.2 Å². The average Bonchev–Trinajstić information content (AvgIpc) is 3.12. The number of benzene rings is 2. The van der Waals surface area contributed by atoms with E-state index in [4.69, 9.17) is 22.0 Å². The Morgan fingerprint density at radius 2 is 1.88 bits per heavy atom. The number of halogens is 1. The van der Waals surface area contributed by atoms with Gasteiger partial charge in [-0.05, 0) is 49.1 Å². The van der Waals surface area contributed by atoms with E-state index in [2.05, 4.69) is 11.4 Å². The van der Waals surface area contributed by atoms with Crippen LogP contribution < -0.4 is 5.32 Å². The van der Waals surface area contributed by atoms with Crippen LogP contribution in [-0.2, 0) is 9.59 Å². The molecule has 2 aromatic rings. The van der Waals surface area contributed by atoms with E-state index >= 15 is 0 Å². The molecule has 1 aliphatic carbocycles. The quantitative estimate of drug-likeness (QED) is 0.840. The fraction of sp³-hybridized carbons (Fsp3) is 0.150. The summed E-state index contributed by atoms with van der Waals surface area (Å²) < 4.78 is 0. The highest BCUT2D eigenvalue weighted by molar-refractivity contribution is 6.33. The van der Waals surface area contributed by atoms with Crippen molar-refractivity contribution in [2.75, 3.05) is 5.32 Å². The molecule has 0 bridgehead atoms. The fourth-order valence-electron chi connectivity index (χ4n) is 3.02. The Kier molecular flexibility index (Phi) is 5.06. The van der Waals surface area contributed by atoms with Crippen LogP contribution in [0.2, 0.25) is 5.02 Å². The molecule has 2 aromatic carbocycles. The van der Waals surface area contributed by atoms with Gasteiger partial charge in [0, 0.05) is 22.4 Å². The molecule has 0 heterocycles. The number of aliphatic carboxylic acids is 1. The van der Waals surface area contributed by atoms with Crippen molar-refractivity contribution < 1.29 is 14.7 Å². The first kappa shape index (κ1) is 17.7. The van der Waals surface area contributed by atoms with Gasteiger partial charge in [0.15, 0.2) is 0 Å². The van der Waals surface area contributed by atoms with E-state index in [1.165, 1.54) is 0 Å². The second-order valence-corrected chi connectivity index (χ2v) is 6.36. The summed E-state index contributed by atoms with van der Waals surface area (Å²) in [7, 11) is 0. The number of hydrogen-bond donors (Lipinski definition) is 2. The summed E-state index contributed by atoms with van der Waals surface area (Å²) in [5, 5.41) is 21.3. The van der Waals surface area contributed by atoms with Crippen molar-refractivity contribution in [1.29, 1.82) is 5.26 Å². The van der Waals surface area contributed by atoms with Crippen molar-refractivity contribution in [3.05, 3.63) is 64.2 Å². The molecule has 6 heteroatoms. The Bertz CT molecular complexity index is 973. The number of carbonyl (C=O) groups is 2. The Balaban J connectivity index is 1.84. The Morgan fingerprint density at radius 1 is 1.12 bits per heavy atom. The number of nitrogens with zero attached hydrogens (tertiary/aromatic N) is 1. The molecule has 0 spiro atoms. The molecule has 0 radical (unpaired) electrons. The summed E-state index contributed by atoms with van der Waals surface area (Å²) in [6.07, 6.45) is 1.53. The topological polar surface area (TPSA) is 90.2 Å². The van der Waals surface area contributed by atoms with Crippen LogP contribution >= 0.6 is 11.6 Å². The first-order chi connectivity index (χ1) is 12.5. The molecule has 0 aromatic heterocycles. The molecular formula is C20H15ClN2O3. The van der Waals surface area contributed by atoms with Crippen LogP contribution in [-0.4, -0.2) is 17.0 Å². The van der Waals surface area contributed by atoms with Gasteiger partial charge in [-0.1, -0.05) is 29.8 Å². The maximum absolute atomic E-state index is 12.4. The summed E-state index contributed by atoms with van der Waals surface area (Å²) in [6.45, 7) is 0. The monoisotopic (exact) mass is 366 g/mol. The first-order valence-corrected chi connectivity index (χ1v) is 8.44. The van der Waals surface area contributed by atoms with E-state index in [0.717, 1.165) is 11.1 Å². The predicted octanol–water partition coefficient (Wildman–Crippen LogP) is 4.38. The minimum absolute atomic E-state index is 0.179. The number of carboxylic acids is 1. The number of anilines is 1. The van der Waals surface area contributed by atoms with E-state index in [9.17, 15) is 9.59 Å². The third kappa shape index (κ3) is 3.61. The second-order valence-electron chi connectivity index (χ2n) is 5.96. The fourth-order valence-corrected chi connectivity index (χ4v) is 3.31. The minimum Gasteiger partial charge on any atom is -0.478 e. The zero-order valence-electron chi connectivity index (χ0n) is 13.8. The summed E-state index contributed by atoms with van der Waals surface area (Å²) in [5.41, 5.74) is 3.07. The molecule has 0 saturated heterocycles. The van der Waals surface area contributed by atoms with Gasteiger partial charge in [-0.3, -0.25) is 4.79 Å². The third-order valence-electron chi connectivity index (χ3n) is 4.28. The summed E-state index contributed by atoms with van der Waals surface area (Å²) in [6, 6.07) is 14.2. The van der Waals surface area contributed by atoms with E-state index < -0.39 is 11.9 Å². The van der Waals surface area contributed by atoms with Crippen LogP contribution in [0.15, 0.2) is 53.6 Å². The number of nitrogens with one attached hydrogen (secondary N) is 1. The second kappa shape index (κ2) is 7.42. The molecule has 1 aliphatic rings. The standard InChI is InChI=1S/C20H15ClN2O3/c21-18-10-14(23-19(24)16-5-2-6-17(16)20(25)26)7-8-15(18)13-4-1-3-12(9-13)11-22/h1,3-4,7-10H,2,5-6H2,(H,23,24)(H,25,26). The average molecular weight is 367 g/mol. The number of carbonyl (C=O) groups excluding carboxylic acids is 1. The van der Waals surface area contributed by atoms with E-state index in [1.807, 2.05) is 6.07 Å². The van der Waals surface area contributed by atoms with Gasteiger partial charge in [0.1, 0.15) is 0 Å². The molecule has 5 nitrogen and oxygen atoms in total. The number of nitriles is 1. The maximum Gasteiger partial charge on any atom is 0.332 e. The molecular weight excluding hydrogens is 352 g/mol. The van der Waals surface area contributed by atoms with Gasteiger partial charge < -0.3 is 10.4 Å². The van der Waals surface area contributed by atoms with Crippen LogP contribution in [0.4, 0.5) is 5.69 Å². The highest BCUT2D eigenvalue weighted by Gasteiger charge is 2.25. The predicted molar refractivity (Wildman–Crippen MR) is 98.7 cm³/mol. The minimum atomic E-state index is -1.04. The molecule has 1 amide bonds. The molecule has 2 N–H and O–H groups in total. The van der Waals surface area contributed by atoms with Gasteiger partial charge in [0.25, 0.3) is 5.91 Å². The highest BCUT2D eigenvalue weighted by Crippen LogP contribution is 2.32. The maximum atomic E-state index is 12.4. The number of carboxylic acid groups (broad SMARTS) is 1. The zero-order valence-corrected chi connectivity index (χ0v) is 14.5. The van der Waals surface area contributed by atoms with Gasteiger partial charge in [-0.25, -0.2) is 4.79 Å². The highest BCUT2D eigenvalue weighted by atomic mass is 35.5. The molecule has 0 saturated carbocycles. The lowest BCUT2D eigenvalue weighted by molar-refractivity contribution is -0.133. The third-order valence-corrected chi connectivity index (χ3v) is 4.59.